The van der Waals surface area contributed by atoms with Crippen LogP contribution >= 0.6 is 0 Å². The van der Waals surface area contributed by atoms with Gasteiger partial charge in [0.05, 0.1) is 0 Å². The molecule has 0 aromatic heterocycles. The molecule has 0 amide bonds. The molecule has 4 nitrogen and oxygen atoms in total. The normalized spacial score (nSPS) is 14.9. The molecule has 0 saturated heterocycles. The Morgan fingerprint density at radius 2 is 1.95 bits per heavy atom. The standard InChI is InChI=1S/C15H25FN2O2S/c1-5-11(2)8-12(3)18-21(19,20)15-7-6-13(10-17-4)9-14(15)16/h6-7,9,11-12,17-18H,5,8,10H2,1-4H3. The number of benzene rings is 1. The predicted molar refractivity (Wildman–Crippen MR) is 83.0 cm³/mol. The molecule has 2 atom stereocenters. The van der Waals surface area contributed by atoms with Gasteiger partial charge in [0.15, 0.2) is 0 Å². The van der Waals surface area contributed by atoms with Gasteiger partial charge in [-0.15, -0.1) is 0 Å². The minimum absolute atomic E-state index is 0.221. The van der Waals surface area contributed by atoms with E-state index < -0.39 is 15.8 Å². The van der Waals surface area contributed by atoms with E-state index in [1.54, 1.807) is 20.0 Å². The molecule has 6 heteroatoms. The lowest BCUT2D eigenvalue weighted by Crippen LogP contribution is -2.34. The molecule has 0 radical (unpaired) electrons. The monoisotopic (exact) mass is 316 g/mol. The summed E-state index contributed by atoms with van der Waals surface area (Å²) in [7, 11) is -2.07. The Labute approximate surface area is 127 Å². The van der Waals surface area contributed by atoms with Gasteiger partial charge in [-0.05, 0) is 44.0 Å². The number of rotatable bonds is 8. The summed E-state index contributed by atoms with van der Waals surface area (Å²) in [6.45, 7) is 6.43. The second-order valence-corrected chi connectivity index (χ2v) is 7.25. The van der Waals surface area contributed by atoms with Crippen LogP contribution in [0.3, 0.4) is 0 Å². The van der Waals surface area contributed by atoms with E-state index >= 15 is 0 Å². The fourth-order valence-corrected chi connectivity index (χ4v) is 3.54. The van der Waals surface area contributed by atoms with Gasteiger partial charge in [0.25, 0.3) is 0 Å². The van der Waals surface area contributed by atoms with E-state index in [4.69, 9.17) is 0 Å². The van der Waals surface area contributed by atoms with Gasteiger partial charge in [-0.1, -0.05) is 26.3 Å². The van der Waals surface area contributed by atoms with Crippen molar-refractivity contribution in [2.45, 2.75) is 51.1 Å². The number of hydrogen-bond donors (Lipinski definition) is 2. The quantitative estimate of drug-likeness (QED) is 0.775. The van der Waals surface area contributed by atoms with Crippen LogP contribution in [0.5, 0.6) is 0 Å². The highest BCUT2D eigenvalue weighted by atomic mass is 32.2. The summed E-state index contributed by atoms with van der Waals surface area (Å²) >= 11 is 0. The predicted octanol–water partition coefficient (Wildman–Crippen LogP) is 2.65. The topological polar surface area (TPSA) is 58.2 Å². The van der Waals surface area contributed by atoms with Crippen molar-refractivity contribution in [2.24, 2.45) is 5.92 Å². The fraction of sp³-hybridized carbons (Fsp3) is 0.600. The number of hydrogen-bond acceptors (Lipinski definition) is 3. The van der Waals surface area contributed by atoms with Crippen LogP contribution in [0, 0.1) is 11.7 Å². The van der Waals surface area contributed by atoms with Gasteiger partial charge in [0, 0.05) is 12.6 Å². The largest absolute Gasteiger partial charge is 0.316 e. The Hall–Kier alpha value is -0.980. The van der Waals surface area contributed by atoms with Gasteiger partial charge in [0.2, 0.25) is 10.0 Å². The number of nitrogens with one attached hydrogen (secondary N) is 2. The number of sulfonamides is 1. The van der Waals surface area contributed by atoms with Gasteiger partial charge in [-0.25, -0.2) is 17.5 Å². The van der Waals surface area contributed by atoms with Gasteiger partial charge in [-0.3, -0.25) is 0 Å². The first-order valence-electron chi connectivity index (χ1n) is 7.25. The van der Waals surface area contributed by atoms with E-state index in [9.17, 15) is 12.8 Å². The van der Waals surface area contributed by atoms with Gasteiger partial charge in [0.1, 0.15) is 10.7 Å². The molecule has 0 aliphatic rings. The zero-order chi connectivity index (χ0) is 16.0. The molecule has 0 aliphatic heterocycles. The van der Waals surface area contributed by atoms with Crippen molar-refractivity contribution < 1.29 is 12.8 Å². The van der Waals surface area contributed by atoms with Crippen molar-refractivity contribution in [3.8, 4) is 0 Å². The van der Waals surface area contributed by atoms with Crippen LogP contribution in [-0.4, -0.2) is 21.5 Å². The zero-order valence-corrected chi connectivity index (χ0v) is 13.9. The molecular weight excluding hydrogens is 291 g/mol. The minimum atomic E-state index is -3.82. The first kappa shape index (κ1) is 18.1. The molecule has 1 rings (SSSR count). The van der Waals surface area contributed by atoms with Crippen LogP contribution in [0.15, 0.2) is 23.1 Å². The van der Waals surface area contributed by atoms with E-state index in [1.807, 2.05) is 0 Å². The van der Waals surface area contributed by atoms with Crippen molar-refractivity contribution in [3.05, 3.63) is 29.6 Å². The summed E-state index contributed by atoms with van der Waals surface area (Å²) in [6, 6.07) is 3.97. The average Bonchev–Trinajstić information content (AvgIpc) is 2.37. The SMILES string of the molecule is CCC(C)CC(C)NS(=O)(=O)c1ccc(CNC)cc1F. The molecule has 0 spiro atoms. The molecule has 1 aromatic rings. The first-order valence-corrected chi connectivity index (χ1v) is 8.73. The summed E-state index contributed by atoms with van der Waals surface area (Å²) in [5, 5.41) is 2.90. The molecule has 0 saturated carbocycles. The lowest BCUT2D eigenvalue weighted by atomic mass is 10.0. The lowest BCUT2D eigenvalue weighted by Gasteiger charge is -2.18. The lowest BCUT2D eigenvalue weighted by molar-refractivity contribution is 0.444. The molecule has 120 valence electrons. The van der Waals surface area contributed by atoms with Gasteiger partial charge >= 0.3 is 0 Å². The number of halogens is 1. The van der Waals surface area contributed by atoms with Crippen LogP contribution in [-0.2, 0) is 16.6 Å². The first-order chi connectivity index (χ1) is 9.80. The van der Waals surface area contributed by atoms with E-state index in [-0.39, 0.29) is 10.9 Å². The maximum Gasteiger partial charge on any atom is 0.243 e. The Morgan fingerprint density at radius 3 is 2.48 bits per heavy atom. The molecule has 2 unspecified atom stereocenters. The van der Waals surface area contributed by atoms with Gasteiger partial charge < -0.3 is 5.32 Å². The third-order valence-corrected chi connectivity index (χ3v) is 5.10. The fourth-order valence-electron chi connectivity index (χ4n) is 2.22. The van der Waals surface area contributed by atoms with E-state index in [1.165, 1.54) is 12.1 Å². The smallest absolute Gasteiger partial charge is 0.243 e. The molecular formula is C15H25FN2O2S. The highest BCUT2D eigenvalue weighted by Crippen LogP contribution is 2.18. The molecule has 1 aromatic carbocycles. The summed E-state index contributed by atoms with van der Waals surface area (Å²) in [5.74, 6) is -0.295. The maximum atomic E-state index is 14.0. The Morgan fingerprint density at radius 1 is 1.29 bits per heavy atom. The van der Waals surface area contributed by atoms with Crippen molar-refractivity contribution >= 4 is 10.0 Å². The Bertz CT molecular complexity index is 561. The summed E-state index contributed by atoms with van der Waals surface area (Å²) < 4.78 is 41.0. The second-order valence-electron chi connectivity index (χ2n) is 5.57. The zero-order valence-electron chi connectivity index (χ0n) is 13.1. The maximum absolute atomic E-state index is 14.0. The van der Waals surface area contributed by atoms with E-state index in [0.717, 1.165) is 12.8 Å². The van der Waals surface area contributed by atoms with Crippen LogP contribution in [0.1, 0.15) is 39.2 Å². The Kier molecular flexibility index (Phi) is 6.77. The van der Waals surface area contributed by atoms with Crippen molar-refractivity contribution in [3.63, 3.8) is 0 Å². The molecule has 0 aliphatic carbocycles. The van der Waals surface area contributed by atoms with Gasteiger partial charge in [-0.2, -0.15) is 0 Å². The van der Waals surface area contributed by atoms with Crippen molar-refractivity contribution in [1.82, 2.24) is 10.0 Å². The summed E-state index contributed by atoms with van der Waals surface area (Å²) in [5.41, 5.74) is 0.710. The third kappa shape index (κ3) is 5.37. The Balaban J connectivity index is 2.87. The van der Waals surface area contributed by atoms with Crippen LogP contribution in [0.4, 0.5) is 4.39 Å². The summed E-state index contributed by atoms with van der Waals surface area (Å²) in [6.07, 6.45) is 1.72. The van der Waals surface area contributed by atoms with E-state index in [2.05, 4.69) is 23.9 Å². The van der Waals surface area contributed by atoms with Crippen LogP contribution in [0.2, 0.25) is 0 Å². The van der Waals surface area contributed by atoms with Crippen molar-refractivity contribution in [1.29, 1.82) is 0 Å². The second kappa shape index (κ2) is 7.87. The third-order valence-electron chi connectivity index (χ3n) is 3.48. The summed E-state index contributed by atoms with van der Waals surface area (Å²) in [4.78, 5) is -0.293. The molecule has 0 fully saturated rings. The van der Waals surface area contributed by atoms with E-state index in [0.29, 0.717) is 18.0 Å². The molecule has 0 heterocycles. The highest BCUT2D eigenvalue weighted by Gasteiger charge is 2.22. The van der Waals surface area contributed by atoms with Crippen molar-refractivity contribution in [2.75, 3.05) is 7.05 Å². The minimum Gasteiger partial charge on any atom is -0.316 e. The average molecular weight is 316 g/mol. The van der Waals surface area contributed by atoms with Crippen LogP contribution in [0.25, 0.3) is 0 Å². The molecule has 2 N–H and O–H groups in total. The highest BCUT2D eigenvalue weighted by molar-refractivity contribution is 7.89. The molecule has 0 bridgehead atoms. The van der Waals surface area contributed by atoms with Crippen LogP contribution < -0.4 is 10.0 Å². The molecule has 21 heavy (non-hydrogen) atoms.